The molecular formula is C22H19N5O2S2. The summed E-state index contributed by atoms with van der Waals surface area (Å²) in [6.45, 7) is 1.29. The van der Waals surface area contributed by atoms with Gasteiger partial charge in [-0.3, -0.25) is 14.9 Å². The van der Waals surface area contributed by atoms with Crippen molar-refractivity contribution in [3.63, 3.8) is 0 Å². The van der Waals surface area contributed by atoms with Crippen molar-refractivity contribution in [2.24, 2.45) is 0 Å². The summed E-state index contributed by atoms with van der Waals surface area (Å²) in [6, 6.07) is 16.8. The predicted molar refractivity (Wildman–Crippen MR) is 120 cm³/mol. The Morgan fingerprint density at radius 1 is 1.19 bits per heavy atom. The van der Waals surface area contributed by atoms with E-state index in [9.17, 15) is 9.59 Å². The zero-order valence-electron chi connectivity index (χ0n) is 16.6. The molecular weight excluding hydrogens is 430 g/mol. The molecule has 0 spiro atoms. The minimum Gasteiger partial charge on any atom is -0.338 e. The maximum atomic E-state index is 12.6. The number of nitriles is 1. The lowest BCUT2D eigenvalue weighted by Gasteiger charge is -2.15. The molecule has 1 N–H and O–H groups in total. The van der Waals surface area contributed by atoms with E-state index < -0.39 is 0 Å². The van der Waals surface area contributed by atoms with Crippen molar-refractivity contribution in [1.82, 2.24) is 15.1 Å². The Balaban J connectivity index is 1.33. The summed E-state index contributed by atoms with van der Waals surface area (Å²) in [5, 5.41) is 20.3. The van der Waals surface area contributed by atoms with E-state index >= 15 is 0 Å². The second-order valence-electron chi connectivity index (χ2n) is 7.04. The number of nitrogens with one attached hydrogen (secondary N) is 1. The first-order valence-electron chi connectivity index (χ1n) is 9.74. The highest BCUT2D eigenvalue weighted by Crippen LogP contribution is 2.28. The molecule has 0 saturated carbocycles. The minimum absolute atomic E-state index is 0.162. The van der Waals surface area contributed by atoms with Crippen molar-refractivity contribution in [2.75, 3.05) is 11.9 Å². The Bertz CT molecular complexity index is 1140. The van der Waals surface area contributed by atoms with Gasteiger partial charge in [0.1, 0.15) is 0 Å². The zero-order valence-corrected chi connectivity index (χ0v) is 18.2. The number of benzene rings is 2. The molecule has 0 radical (unpaired) electrons. The topological polar surface area (TPSA) is 99.0 Å². The van der Waals surface area contributed by atoms with E-state index in [-0.39, 0.29) is 11.8 Å². The lowest BCUT2D eigenvalue weighted by Crippen LogP contribution is -2.24. The van der Waals surface area contributed by atoms with Crippen molar-refractivity contribution >= 4 is 40.0 Å². The first kappa shape index (κ1) is 21.0. The van der Waals surface area contributed by atoms with E-state index in [0.717, 1.165) is 28.4 Å². The van der Waals surface area contributed by atoms with E-state index in [1.54, 1.807) is 18.2 Å². The summed E-state index contributed by atoms with van der Waals surface area (Å²) >= 11 is 2.84. The molecule has 2 amide bonds. The van der Waals surface area contributed by atoms with Crippen LogP contribution in [0.3, 0.4) is 0 Å². The number of nitrogens with zero attached hydrogens (tertiary/aromatic N) is 4. The summed E-state index contributed by atoms with van der Waals surface area (Å²) in [5.74, 6) is 0.607. The fourth-order valence-electron chi connectivity index (χ4n) is 3.21. The Hall–Kier alpha value is -3.22. The van der Waals surface area contributed by atoms with E-state index in [4.69, 9.17) is 5.26 Å². The molecule has 2 aromatic carbocycles. The number of carbonyl (C=O) groups excluding carboxylic acids is 2. The number of hydrogen-bond donors (Lipinski definition) is 1. The molecule has 1 aliphatic heterocycles. The summed E-state index contributed by atoms with van der Waals surface area (Å²) in [5.41, 5.74) is 3.16. The van der Waals surface area contributed by atoms with Crippen LogP contribution < -0.4 is 5.32 Å². The number of carbonyl (C=O) groups is 2. The third-order valence-corrected chi connectivity index (χ3v) is 6.85. The third-order valence-electron chi connectivity index (χ3n) is 4.81. The molecule has 1 aromatic heterocycles. The van der Waals surface area contributed by atoms with Crippen molar-refractivity contribution < 1.29 is 9.59 Å². The minimum atomic E-state index is -0.255. The first-order valence-corrected chi connectivity index (χ1v) is 11.5. The zero-order chi connectivity index (χ0) is 21.6. The number of thioether (sulfide) groups is 1. The van der Waals surface area contributed by atoms with Gasteiger partial charge in [0.15, 0.2) is 4.34 Å². The molecule has 31 heavy (non-hydrogen) atoms. The molecule has 7 nitrogen and oxygen atoms in total. The normalized spacial score (nSPS) is 13.3. The molecule has 156 valence electrons. The molecule has 9 heteroatoms. The van der Waals surface area contributed by atoms with Crippen molar-refractivity contribution in [3.05, 3.63) is 70.8 Å². The fourth-order valence-corrected chi connectivity index (χ4v) is 4.91. The van der Waals surface area contributed by atoms with Gasteiger partial charge in [0.2, 0.25) is 11.0 Å². The maximum Gasteiger partial charge on any atom is 0.257 e. The standard InChI is InChI=1S/C22H19N5O2S2/c23-12-15-6-8-16(9-7-15)14-30-22-26-25-21(31-22)24-20(29)18-4-1-3-17(11-18)13-27-10-2-5-19(27)28/h1,3-4,6-9,11H,2,5,10,13-14H2,(H,24,25,29). The van der Waals surface area contributed by atoms with Gasteiger partial charge in [-0.1, -0.05) is 47.4 Å². The number of likely N-dealkylation sites (tertiary alicyclic amines) is 1. The third kappa shape index (κ3) is 5.48. The Morgan fingerprint density at radius 2 is 2.03 bits per heavy atom. The second-order valence-corrected chi connectivity index (χ2v) is 9.24. The Kier molecular flexibility index (Phi) is 6.60. The molecule has 1 aliphatic rings. The quantitative estimate of drug-likeness (QED) is 0.431. The smallest absolute Gasteiger partial charge is 0.257 e. The van der Waals surface area contributed by atoms with Crippen LogP contribution in [-0.4, -0.2) is 33.5 Å². The van der Waals surface area contributed by atoms with Gasteiger partial charge in [-0.25, -0.2) is 0 Å². The summed E-state index contributed by atoms with van der Waals surface area (Å²) in [4.78, 5) is 26.3. The molecule has 0 bridgehead atoms. The largest absolute Gasteiger partial charge is 0.338 e. The van der Waals surface area contributed by atoms with Crippen molar-refractivity contribution in [1.29, 1.82) is 5.26 Å². The lowest BCUT2D eigenvalue weighted by molar-refractivity contribution is -0.128. The van der Waals surface area contributed by atoms with Gasteiger partial charge in [0.25, 0.3) is 5.91 Å². The van der Waals surface area contributed by atoms with Gasteiger partial charge in [-0.05, 0) is 41.8 Å². The highest BCUT2D eigenvalue weighted by molar-refractivity contribution is 8.00. The van der Waals surface area contributed by atoms with E-state index in [2.05, 4.69) is 21.6 Å². The molecule has 1 saturated heterocycles. The van der Waals surface area contributed by atoms with Gasteiger partial charge >= 0.3 is 0 Å². The summed E-state index contributed by atoms with van der Waals surface area (Å²) < 4.78 is 0.751. The molecule has 0 unspecified atom stereocenters. The average molecular weight is 450 g/mol. The van der Waals surface area contributed by atoms with Gasteiger partial charge in [0.05, 0.1) is 11.6 Å². The van der Waals surface area contributed by atoms with Crippen LogP contribution in [0.1, 0.15) is 39.9 Å². The molecule has 1 fully saturated rings. The number of aromatic nitrogens is 2. The van der Waals surface area contributed by atoms with E-state index in [1.165, 1.54) is 23.1 Å². The fraction of sp³-hybridized carbons (Fsp3) is 0.227. The van der Waals surface area contributed by atoms with Gasteiger partial charge in [-0.2, -0.15) is 5.26 Å². The predicted octanol–water partition coefficient (Wildman–Crippen LogP) is 4.08. The van der Waals surface area contributed by atoms with Crippen LogP contribution in [0.5, 0.6) is 0 Å². The van der Waals surface area contributed by atoms with Crippen LogP contribution in [0.2, 0.25) is 0 Å². The monoisotopic (exact) mass is 449 g/mol. The van der Waals surface area contributed by atoms with Crippen LogP contribution in [-0.2, 0) is 17.1 Å². The van der Waals surface area contributed by atoms with Gasteiger partial charge in [-0.15, -0.1) is 10.2 Å². The molecule has 0 aliphatic carbocycles. The summed E-state index contributed by atoms with van der Waals surface area (Å²) in [7, 11) is 0. The van der Waals surface area contributed by atoms with Gasteiger partial charge in [0, 0.05) is 30.8 Å². The molecule has 4 rings (SSSR count). The van der Waals surface area contributed by atoms with Crippen LogP contribution >= 0.6 is 23.1 Å². The van der Waals surface area contributed by atoms with E-state index in [1.807, 2.05) is 35.2 Å². The van der Waals surface area contributed by atoms with Crippen LogP contribution in [0, 0.1) is 11.3 Å². The molecule has 2 heterocycles. The number of hydrogen-bond acceptors (Lipinski definition) is 7. The maximum absolute atomic E-state index is 12.6. The number of rotatable bonds is 7. The molecule has 0 atom stereocenters. The Labute approximate surface area is 188 Å². The highest BCUT2D eigenvalue weighted by Gasteiger charge is 2.20. The summed E-state index contributed by atoms with van der Waals surface area (Å²) in [6.07, 6.45) is 1.49. The second kappa shape index (κ2) is 9.73. The number of amides is 2. The SMILES string of the molecule is N#Cc1ccc(CSc2nnc(NC(=O)c3cccc(CN4CCCC4=O)c3)s2)cc1. The van der Waals surface area contributed by atoms with Crippen LogP contribution in [0.25, 0.3) is 0 Å². The van der Waals surface area contributed by atoms with Crippen molar-refractivity contribution in [3.8, 4) is 6.07 Å². The van der Waals surface area contributed by atoms with Crippen molar-refractivity contribution in [2.45, 2.75) is 29.5 Å². The number of anilines is 1. The van der Waals surface area contributed by atoms with Gasteiger partial charge < -0.3 is 4.90 Å². The lowest BCUT2D eigenvalue weighted by atomic mass is 10.1. The van der Waals surface area contributed by atoms with E-state index in [0.29, 0.717) is 35.0 Å². The van der Waals surface area contributed by atoms with Crippen LogP contribution in [0.15, 0.2) is 52.9 Å². The highest BCUT2D eigenvalue weighted by atomic mass is 32.2. The molecule has 3 aromatic rings. The Morgan fingerprint density at radius 3 is 2.77 bits per heavy atom. The first-order chi connectivity index (χ1) is 15.1. The van der Waals surface area contributed by atoms with Crippen LogP contribution in [0.4, 0.5) is 5.13 Å². The average Bonchev–Trinajstić information content (AvgIpc) is 3.41.